The van der Waals surface area contributed by atoms with Crippen molar-refractivity contribution >= 4 is 62.3 Å². The van der Waals surface area contributed by atoms with Gasteiger partial charge >= 0.3 is 0 Å². The van der Waals surface area contributed by atoms with Crippen LogP contribution < -0.4 is 14.4 Å². The minimum Gasteiger partial charge on any atom is -0.495 e. The second-order valence-corrected chi connectivity index (χ2v) is 14.7. The first-order chi connectivity index (χ1) is 23.1. The van der Waals surface area contributed by atoms with Crippen LogP contribution in [0.25, 0.3) is 0 Å². The molecule has 1 aliphatic carbocycles. The molecule has 48 heavy (non-hydrogen) atoms. The van der Waals surface area contributed by atoms with E-state index in [-0.39, 0.29) is 40.5 Å². The second-order valence-electron chi connectivity index (χ2n) is 11.6. The number of nitrogens with zero attached hydrogens (tertiary/aromatic N) is 2. The molecular weight excluding hydrogens is 693 g/mol. The third-order valence-corrected chi connectivity index (χ3v) is 11.0. The maximum atomic E-state index is 14.7. The first kappa shape index (κ1) is 35.5. The maximum absolute atomic E-state index is 14.7. The second kappa shape index (κ2) is 16.1. The highest BCUT2D eigenvalue weighted by atomic mass is 35.5. The van der Waals surface area contributed by atoms with Gasteiger partial charge in [-0.3, -0.25) is 13.9 Å². The monoisotopic (exact) mass is 727 g/mol. The van der Waals surface area contributed by atoms with Gasteiger partial charge in [0.25, 0.3) is 10.0 Å². The Morgan fingerprint density at radius 3 is 2.17 bits per heavy atom. The van der Waals surface area contributed by atoms with E-state index in [1.54, 1.807) is 36.4 Å². The van der Waals surface area contributed by atoms with Crippen molar-refractivity contribution in [3.63, 3.8) is 0 Å². The fraction of sp³-hybridized carbons (Fsp3) is 0.278. The van der Waals surface area contributed by atoms with Crippen LogP contribution in [0.4, 0.5) is 5.69 Å². The van der Waals surface area contributed by atoms with Gasteiger partial charge in [0.05, 0.1) is 22.7 Å². The lowest BCUT2D eigenvalue weighted by Gasteiger charge is -2.34. The zero-order chi connectivity index (χ0) is 34.3. The van der Waals surface area contributed by atoms with E-state index in [0.717, 1.165) is 35.6 Å². The summed E-state index contributed by atoms with van der Waals surface area (Å²) in [6.07, 6.45) is 3.91. The number of carbonyl (C=O) groups is 2. The van der Waals surface area contributed by atoms with Crippen LogP contribution in [0, 0.1) is 0 Å². The average Bonchev–Trinajstić information content (AvgIpc) is 3.59. The summed E-state index contributed by atoms with van der Waals surface area (Å²) in [7, 11) is -2.84. The van der Waals surface area contributed by atoms with Crippen molar-refractivity contribution in [2.45, 2.75) is 55.6 Å². The van der Waals surface area contributed by atoms with Gasteiger partial charge in [-0.1, -0.05) is 102 Å². The zero-order valence-electron chi connectivity index (χ0n) is 26.3. The Hall–Kier alpha value is -3.76. The molecule has 1 saturated carbocycles. The van der Waals surface area contributed by atoms with Gasteiger partial charge < -0.3 is 15.0 Å². The molecule has 2 amide bonds. The summed E-state index contributed by atoms with van der Waals surface area (Å²) in [4.78, 5) is 30.2. The maximum Gasteiger partial charge on any atom is 0.264 e. The van der Waals surface area contributed by atoms with E-state index in [2.05, 4.69) is 5.32 Å². The van der Waals surface area contributed by atoms with Crippen molar-refractivity contribution in [3.05, 3.63) is 123 Å². The number of ether oxygens (including phenoxy) is 1. The molecule has 12 heteroatoms. The summed E-state index contributed by atoms with van der Waals surface area (Å²) in [6, 6.07) is 25.6. The number of nitrogens with one attached hydrogen (secondary N) is 1. The van der Waals surface area contributed by atoms with Gasteiger partial charge in [-0.2, -0.15) is 0 Å². The fourth-order valence-electron chi connectivity index (χ4n) is 5.81. The number of amides is 2. The highest BCUT2D eigenvalue weighted by Gasteiger charge is 2.36. The molecule has 1 N–H and O–H groups in total. The molecule has 0 saturated heterocycles. The van der Waals surface area contributed by atoms with Gasteiger partial charge in [0.15, 0.2) is 0 Å². The van der Waals surface area contributed by atoms with Crippen molar-refractivity contribution < 1.29 is 22.7 Å². The predicted molar refractivity (Wildman–Crippen MR) is 190 cm³/mol. The molecular formula is C36H36Cl3N3O5S. The fourth-order valence-corrected chi connectivity index (χ4v) is 7.96. The number of carbonyl (C=O) groups excluding carboxylic acids is 2. The molecule has 4 aromatic carbocycles. The molecule has 0 aromatic heterocycles. The molecule has 0 aliphatic heterocycles. The smallest absolute Gasteiger partial charge is 0.264 e. The highest BCUT2D eigenvalue weighted by Crippen LogP contribution is 2.33. The molecule has 0 heterocycles. The number of benzene rings is 4. The van der Waals surface area contributed by atoms with Crippen LogP contribution in [0.2, 0.25) is 15.1 Å². The van der Waals surface area contributed by atoms with Crippen molar-refractivity contribution in [2.75, 3.05) is 18.0 Å². The third kappa shape index (κ3) is 8.63. The Bertz CT molecular complexity index is 1840. The van der Waals surface area contributed by atoms with E-state index in [0.29, 0.717) is 21.4 Å². The molecule has 252 valence electrons. The van der Waals surface area contributed by atoms with Crippen molar-refractivity contribution in [3.8, 4) is 5.75 Å². The molecule has 0 radical (unpaired) electrons. The van der Waals surface area contributed by atoms with Gasteiger partial charge in [0, 0.05) is 29.1 Å². The van der Waals surface area contributed by atoms with E-state index in [1.165, 1.54) is 42.3 Å². The van der Waals surface area contributed by atoms with Crippen LogP contribution in [0.1, 0.15) is 36.8 Å². The first-order valence-corrected chi connectivity index (χ1v) is 18.1. The summed E-state index contributed by atoms with van der Waals surface area (Å²) >= 11 is 19.2. The summed E-state index contributed by atoms with van der Waals surface area (Å²) in [6.45, 7) is -0.708. The molecule has 0 bridgehead atoms. The van der Waals surface area contributed by atoms with Crippen LogP contribution in [0.5, 0.6) is 5.75 Å². The van der Waals surface area contributed by atoms with E-state index < -0.39 is 28.5 Å². The van der Waals surface area contributed by atoms with Gasteiger partial charge in [-0.15, -0.1) is 0 Å². The number of methoxy groups -OCH3 is 1. The van der Waals surface area contributed by atoms with Crippen LogP contribution >= 0.6 is 34.8 Å². The van der Waals surface area contributed by atoms with Crippen molar-refractivity contribution in [2.24, 2.45) is 0 Å². The van der Waals surface area contributed by atoms with Crippen LogP contribution in [0.3, 0.4) is 0 Å². The Kier molecular flexibility index (Phi) is 11.9. The molecule has 8 nitrogen and oxygen atoms in total. The lowest BCUT2D eigenvalue weighted by molar-refractivity contribution is -0.140. The van der Waals surface area contributed by atoms with Gasteiger partial charge in [-0.05, 0) is 66.4 Å². The summed E-state index contributed by atoms with van der Waals surface area (Å²) in [5.41, 5.74) is 1.53. The number of halogens is 3. The average molecular weight is 729 g/mol. The molecule has 4 aromatic rings. The number of hydrogen-bond donors (Lipinski definition) is 1. The molecule has 5 rings (SSSR count). The molecule has 0 unspecified atom stereocenters. The lowest BCUT2D eigenvalue weighted by Crippen LogP contribution is -2.54. The van der Waals surface area contributed by atoms with E-state index in [9.17, 15) is 18.0 Å². The quantitative estimate of drug-likeness (QED) is 0.154. The predicted octanol–water partition coefficient (Wildman–Crippen LogP) is 7.55. The molecule has 1 fully saturated rings. The minimum atomic E-state index is -4.29. The number of anilines is 1. The Morgan fingerprint density at radius 2 is 1.54 bits per heavy atom. The van der Waals surface area contributed by atoms with Crippen LogP contribution in [-0.4, -0.2) is 50.9 Å². The minimum absolute atomic E-state index is 0.0109. The third-order valence-electron chi connectivity index (χ3n) is 8.36. The molecule has 1 aliphatic rings. The van der Waals surface area contributed by atoms with E-state index in [4.69, 9.17) is 39.5 Å². The van der Waals surface area contributed by atoms with Gasteiger partial charge in [-0.25, -0.2) is 8.42 Å². The number of hydrogen-bond acceptors (Lipinski definition) is 5. The highest BCUT2D eigenvalue weighted by molar-refractivity contribution is 7.92. The topological polar surface area (TPSA) is 96.0 Å². The Balaban J connectivity index is 1.59. The Morgan fingerprint density at radius 1 is 0.875 bits per heavy atom. The largest absolute Gasteiger partial charge is 0.495 e. The summed E-state index contributed by atoms with van der Waals surface area (Å²) < 4.78 is 34.7. The molecule has 1 atom stereocenters. The molecule has 0 spiro atoms. The standard InChI is InChI=1S/C36H36Cl3N3O5S/c1-47-34-19-18-29(22-32(34)39)42(48(45,46)30-14-6-3-7-15-30)24-35(43)41(23-26-16-17-27(37)21-31(26)38)33(20-25-10-4-2-5-11-25)36(44)40-28-12-8-9-13-28/h2-7,10-11,14-19,21-22,28,33H,8-9,12-13,20,23-24H2,1H3,(H,40,44)/t33-/m1/s1. The SMILES string of the molecule is COc1ccc(N(CC(=O)N(Cc2ccc(Cl)cc2Cl)[C@H](Cc2ccccc2)C(=O)NC2CCCC2)S(=O)(=O)c2ccccc2)cc1Cl. The number of sulfonamides is 1. The van der Waals surface area contributed by atoms with Crippen LogP contribution in [-0.2, 0) is 32.6 Å². The normalized spacial score (nSPS) is 13.9. The first-order valence-electron chi connectivity index (χ1n) is 15.6. The summed E-state index contributed by atoms with van der Waals surface area (Å²) in [5, 5.41) is 4.05. The lowest BCUT2D eigenvalue weighted by atomic mass is 10.0. The summed E-state index contributed by atoms with van der Waals surface area (Å²) in [5.74, 6) is -0.599. The van der Waals surface area contributed by atoms with Crippen molar-refractivity contribution in [1.29, 1.82) is 0 Å². The van der Waals surface area contributed by atoms with Gasteiger partial charge in [0.2, 0.25) is 11.8 Å². The number of rotatable bonds is 13. The Labute approximate surface area is 296 Å². The van der Waals surface area contributed by atoms with E-state index in [1.807, 2.05) is 30.3 Å². The van der Waals surface area contributed by atoms with Crippen molar-refractivity contribution in [1.82, 2.24) is 10.2 Å². The zero-order valence-corrected chi connectivity index (χ0v) is 29.4. The van der Waals surface area contributed by atoms with E-state index >= 15 is 0 Å². The van der Waals surface area contributed by atoms with Gasteiger partial charge in [0.1, 0.15) is 18.3 Å². The van der Waals surface area contributed by atoms with Crippen LogP contribution in [0.15, 0.2) is 102 Å².